The molecule has 0 aliphatic carbocycles. The maximum atomic E-state index is 14.1. The van der Waals surface area contributed by atoms with Gasteiger partial charge in [0.05, 0.1) is 13.2 Å². The van der Waals surface area contributed by atoms with Gasteiger partial charge in [-0.3, -0.25) is 18.4 Å². The molecule has 4 aromatic rings. The molecule has 4 rings (SSSR count). The lowest BCUT2D eigenvalue weighted by Gasteiger charge is -2.17. The van der Waals surface area contributed by atoms with Gasteiger partial charge in [-0.25, -0.2) is 14.5 Å². The highest BCUT2D eigenvalue weighted by molar-refractivity contribution is 7.48. The number of rotatable bonds is 13. The summed E-state index contributed by atoms with van der Waals surface area (Å²) in [7, 11) is 1.81. The second-order valence-corrected chi connectivity index (χ2v) is 11.3. The summed E-state index contributed by atoms with van der Waals surface area (Å²) in [5.74, 6) is -0.760. The maximum Gasteiger partial charge on any atom is 0.476 e. The van der Waals surface area contributed by atoms with E-state index < -0.39 is 13.8 Å². The highest BCUT2D eigenvalue weighted by Gasteiger charge is 2.26. The minimum absolute atomic E-state index is 0.141. The van der Waals surface area contributed by atoms with E-state index in [1.807, 2.05) is 55.4 Å². The van der Waals surface area contributed by atoms with E-state index in [0.29, 0.717) is 28.7 Å². The second-order valence-electron chi connectivity index (χ2n) is 9.63. The molecule has 0 N–H and O–H groups in total. The number of carbonyl (C=O) groups excluding carboxylic acids is 1. The molecule has 12 heteroatoms. The van der Waals surface area contributed by atoms with Crippen molar-refractivity contribution in [2.45, 2.75) is 20.6 Å². The van der Waals surface area contributed by atoms with Crippen LogP contribution in [-0.2, 0) is 29.7 Å². The molecule has 3 aromatic heterocycles. The van der Waals surface area contributed by atoms with E-state index in [9.17, 15) is 13.8 Å². The number of amides is 1. The average Bonchev–Trinajstić information content (AvgIpc) is 3.34. The quantitative estimate of drug-likeness (QED) is 0.103. The van der Waals surface area contributed by atoms with Crippen LogP contribution in [0.2, 0.25) is 0 Å². The van der Waals surface area contributed by atoms with Crippen molar-refractivity contribution in [2.24, 2.45) is 0 Å². The molecule has 1 amide bonds. The first-order valence-corrected chi connectivity index (χ1v) is 14.9. The van der Waals surface area contributed by atoms with E-state index in [-0.39, 0.29) is 25.9 Å². The van der Waals surface area contributed by atoms with E-state index in [2.05, 4.69) is 4.98 Å². The molecule has 0 spiro atoms. The Balaban J connectivity index is 1.72. The Morgan fingerprint density at radius 2 is 1.76 bits per heavy atom. The molecule has 3 heterocycles. The van der Waals surface area contributed by atoms with Crippen LogP contribution in [0.4, 0.5) is 10.1 Å². The fourth-order valence-corrected chi connectivity index (χ4v) is 5.41. The van der Waals surface area contributed by atoms with E-state index in [4.69, 9.17) is 18.6 Å². The molecule has 42 heavy (non-hydrogen) atoms. The van der Waals surface area contributed by atoms with E-state index >= 15 is 0 Å². The molecule has 0 fully saturated rings. The first-order chi connectivity index (χ1) is 20.1. The molecule has 0 saturated carbocycles. The Hall–Kier alpha value is -3.73. The summed E-state index contributed by atoms with van der Waals surface area (Å²) in [4.78, 5) is 24.6. The monoisotopic (exact) mass is 595 g/mol. The number of pyridine rings is 2. The topological polar surface area (TPSA) is 99.0 Å². The third kappa shape index (κ3) is 7.56. The normalized spacial score (nSPS) is 12.1. The summed E-state index contributed by atoms with van der Waals surface area (Å²) in [5.41, 5.74) is 4.15. The Kier molecular flexibility index (Phi) is 10.4. The number of aromatic nitrogens is 3. The molecular weight excluding hydrogens is 560 g/mol. The number of nitrogens with zero attached hydrogens (tertiary/aromatic N) is 5. The van der Waals surface area contributed by atoms with Gasteiger partial charge in [0.2, 0.25) is 11.9 Å². The van der Waals surface area contributed by atoms with Gasteiger partial charge in [0.1, 0.15) is 12.4 Å². The van der Waals surface area contributed by atoms with Crippen molar-refractivity contribution in [3.63, 3.8) is 0 Å². The summed E-state index contributed by atoms with van der Waals surface area (Å²) in [6.45, 7) is 4.19. The van der Waals surface area contributed by atoms with Crippen LogP contribution >= 0.6 is 7.82 Å². The zero-order valence-electron chi connectivity index (χ0n) is 24.4. The van der Waals surface area contributed by atoms with Gasteiger partial charge in [0.25, 0.3) is 0 Å². The zero-order chi connectivity index (χ0) is 30.3. The third-order valence-electron chi connectivity index (χ3n) is 6.31. The van der Waals surface area contributed by atoms with Gasteiger partial charge in [-0.05, 0) is 63.3 Å². The summed E-state index contributed by atoms with van der Waals surface area (Å²) in [5, 5.41) is 0.714. The van der Waals surface area contributed by atoms with Crippen LogP contribution in [0.15, 0.2) is 73.2 Å². The fraction of sp³-hybridized carbons (Fsp3) is 0.300. The van der Waals surface area contributed by atoms with Gasteiger partial charge in [0.15, 0.2) is 0 Å². The first-order valence-electron chi connectivity index (χ1n) is 13.5. The molecule has 0 aliphatic heterocycles. The van der Waals surface area contributed by atoms with Crippen LogP contribution < -0.4 is 4.90 Å². The predicted molar refractivity (Wildman–Crippen MR) is 161 cm³/mol. The first kappa shape index (κ1) is 31.2. The molecule has 0 radical (unpaired) electrons. The molecule has 222 valence electrons. The van der Waals surface area contributed by atoms with Gasteiger partial charge in [-0.15, -0.1) is 0 Å². The Morgan fingerprint density at radius 1 is 1.00 bits per heavy atom. The summed E-state index contributed by atoms with van der Waals surface area (Å²) >= 11 is 0. The van der Waals surface area contributed by atoms with Crippen molar-refractivity contribution in [1.82, 2.24) is 19.4 Å². The van der Waals surface area contributed by atoms with E-state index in [1.54, 1.807) is 54.9 Å². The number of likely N-dealkylation sites (N-methyl/N-ethyl adjacent to an activating group) is 2. The Bertz CT molecular complexity index is 1610. The molecular formula is C30H35FN5O5P. The van der Waals surface area contributed by atoms with Crippen LogP contribution in [0.5, 0.6) is 0 Å². The Labute approximate surface area is 245 Å². The molecule has 0 atom stereocenters. The van der Waals surface area contributed by atoms with Crippen LogP contribution in [0.1, 0.15) is 13.8 Å². The lowest BCUT2D eigenvalue weighted by molar-refractivity contribution is -0.113. The average molecular weight is 596 g/mol. The number of halogens is 1. The third-order valence-corrected chi connectivity index (χ3v) is 7.89. The number of carbonyl (C=O) groups is 1. The van der Waals surface area contributed by atoms with Crippen LogP contribution in [0, 0.1) is 5.95 Å². The van der Waals surface area contributed by atoms with Gasteiger partial charge in [-0.1, -0.05) is 18.2 Å². The lowest BCUT2D eigenvalue weighted by Crippen LogP contribution is -2.24. The molecule has 0 saturated heterocycles. The van der Waals surface area contributed by atoms with E-state index in [1.165, 1.54) is 12.3 Å². The van der Waals surface area contributed by atoms with Crippen LogP contribution in [0.3, 0.4) is 0 Å². The second kappa shape index (κ2) is 14.0. The van der Waals surface area contributed by atoms with Crippen molar-refractivity contribution in [2.75, 3.05) is 45.8 Å². The number of hydrogen-bond donors (Lipinski definition) is 0. The van der Waals surface area contributed by atoms with E-state index in [0.717, 1.165) is 16.8 Å². The lowest BCUT2D eigenvalue weighted by atomic mass is 10.0. The van der Waals surface area contributed by atoms with Gasteiger partial charge >= 0.3 is 7.82 Å². The fourth-order valence-electron chi connectivity index (χ4n) is 4.29. The highest BCUT2D eigenvalue weighted by Crippen LogP contribution is 2.49. The van der Waals surface area contributed by atoms with Crippen molar-refractivity contribution in [3.05, 3.63) is 79.2 Å². The highest BCUT2D eigenvalue weighted by atomic mass is 31.2. The molecule has 0 aliphatic rings. The van der Waals surface area contributed by atoms with Gasteiger partial charge in [0, 0.05) is 66.5 Å². The van der Waals surface area contributed by atoms with Crippen molar-refractivity contribution >= 4 is 30.5 Å². The standard InChI is InChI=1S/C30H35FN5O5P/c1-6-39-42(38,40-7-2)41-21-36-20-27(23-13-14-32-28(31)18-23)26-17-24(19-33-30(26)36)22-10-8-11-25(16-22)35(5)29(37)12-9-15-34(3)4/h8-14,16-20H,6-7,15,21H2,1-5H3. The SMILES string of the molecule is CCOP(=O)(OCC)OCn1cc(-c2ccnc(F)c2)c2cc(-c3cccc(N(C)C(=O)C=CCN(C)C)c3)cnc21. The Morgan fingerprint density at radius 3 is 2.45 bits per heavy atom. The summed E-state index contributed by atoms with van der Waals surface area (Å²) in [6, 6.07) is 12.6. The minimum atomic E-state index is -3.78. The number of fused-ring (bicyclic) bond motifs is 1. The molecule has 0 bridgehead atoms. The zero-order valence-corrected chi connectivity index (χ0v) is 25.3. The van der Waals surface area contributed by atoms with Crippen LogP contribution in [0.25, 0.3) is 33.3 Å². The van der Waals surface area contributed by atoms with Crippen molar-refractivity contribution in [3.8, 4) is 22.3 Å². The maximum absolute atomic E-state index is 14.1. The van der Waals surface area contributed by atoms with Crippen molar-refractivity contribution in [1.29, 1.82) is 0 Å². The molecule has 1 aromatic carbocycles. The number of anilines is 1. The smallest absolute Gasteiger partial charge is 0.312 e. The minimum Gasteiger partial charge on any atom is -0.312 e. The number of phosphoric ester groups is 1. The molecule has 0 unspecified atom stereocenters. The van der Waals surface area contributed by atoms with Gasteiger partial charge < -0.3 is 14.4 Å². The summed E-state index contributed by atoms with van der Waals surface area (Å²) in [6.07, 6.45) is 8.23. The van der Waals surface area contributed by atoms with Crippen molar-refractivity contribution < 1.29 is 27.3 Å². The number of hydrogen-bond acceptors (Lipinski definition) is 8. The molecule has 10 nitrogen and oxygen atoms in total. The van der Waals surface area contributed by atoms with Gasteiger partial charge in [-0.2, -0.15) is 4.39 Å². The number of benzene rings is 1. The number of phosphoric acid groups is 1. The largest absolute Gasteiger partial charge is 0.476 e. The summed E-state index contributed by atoms with van der Waals surface area (Å²) < 4.78 is 44.8. The predicted octanol–water partition coefficient (Wildman–Crippen LogP) is 6.14. The van der Waals surface area contributed by atoms with Crippen LogP contribution in [-0.4, -0.2) is 66.2 Å².